The summed E-state index contributed by atoms with van der Waals surface area (Å²) in [6.07, 6.45) is 1.07. The first kappa shape index (κ1) is 15.9. The number of hydrogen-bond donors (Lipinski definition) is 0. The number of fused-ring (bicyclic) bond motifs is 6. The molecule has 1 nitrogen and oxygen atoms in total. The van der Waals surface area contributed by atoms with Crippen LogP contribution in [0.4, 0.5) is 0 Å². The molecule has 0 aliphatic rings. The average molecular weight is 378 g/mol. The highest BCUT2D eigenvalue weighted by atomic mass is 32.1. The summed E-state index contributed by atoms with van der Waals surface area (Å²) in [4.78, 5) is 0. The number of benzene rings is 4. The van der Waals surface area contributed by atoms with Gasteiger partial charge in [-0.25, -0.2) is 0 Å². The van der Waals surface area contributed by atoms with Crippen molar-refractivity contribution in [1.82, 2.24) is 4.57 Å². The van der Waals surface area contributed by atoms with Gasteiger partial charge in [0.05, 0.1) is 11.0 Å². The minimum atomic E-state index is 1.07. The highest BCUT2D eigenvalue weighted by Gasteiger charge is 2.15. The van der Waals surface area contributed by atoms with Crippen molar-refractivity contribution in [2.75, 3.05) is 0 Å². The molecule has 0 aliphatic carbocycles. The van der Waals surface area contributed by atoms with Crippen LogP contribution >= 0.6 is 11.3 Å². The largest absolute Gasteiger partial charge is 0.309 e. The minimum Gasteiger partial charge on any atom is -0.309 e. The molecule has 0 aliphatic heterocycles. The van der Waals surface area contributed by atoms with Crippen molar-refractivity contribution in [2.45, 2.75) is 13.3 Å². The molecule has 0 bridgehead atoms. The summed E-state index contributed by atoms with van der Waals surface area (Å²) in [5.41, 5.74) is 5.20. The van der Waals surface area contributed by atoms with Crippen LogP contribution in [-0.4, -0.2) is 4.57 Å². The van der Waals surface area contributed by atoms with Gasteiger partial charge in [-0.15, -0.1) is 11.3 Å². The fourth-order valence-electron chi connectivity index (χ4n) is 4.45. The molecule has 0 fully saturated rings. The molecule has 0 amide bonds. The number of thiophene rings is 1. The Morgan fingerprint density at radius 2 is 1.46 bits per heavy atom. The number of aryl methyl sites for hydroxylation is 1. The zero-order valence-corrected chi connectivity index (χ0v) is 16.5. The predicted octanol–water partition coefficient (Wildman–Crippen LogP) is 7.71. The molecule has 134 valence electrons. The Balaban J connectivity index is 1.82. The van der Waals surface area contributed by atoms with Gasteiger partial charge in [-0.2, -0.15) is 0 Å². The molecule has 2 heteroatoms. The lowest BCUT2D eigenvalue weighted by atomic mass is 10.1. The maximum absolute atomic E-state index is 2.40. The van der Waals surface area contributed by atoms with Crippen LogP contribution in [-0.2, 0) is 6.42 Å². The minimum absolute atomic E-state index is 1.07. The first-order valence-electron chi connectivity index (χ1n) is 9.78. The quantitative estimate of drug-likeness (QED) is 0.291. The van der Waals surface area contributed by atoms with Gasteiger partial charge >= 0.3 is 0 Å². The van der Waals surface area contributed by atoms with E-state index in [9.17, 15) is 0 Å². The number of rotatable bonds is 2. The van der Waals surface area contributed by atoms with Crippen molar-refractivity contribution < 1.29 is 0 Å². The summed E-state index contributed by atoms with van der Waals surface area (Å²) in [6.45, 7) is 2.24. The van der Waals surface area contributed by atoms with Gasteiger partial charge in [0.1, 0.15) is 0 Å². The molecule has 0 spiro atoms. The van der Waals surface area contributed by atoms with Gasteiger partial charge in [-0.1, -0.05) is 61.5 Å². The number of nitrogens with zero attached hydrogens (tertiary/aromatic N) is 1. The Kier molecular flexibility index (Phi) is 3.38. The Labute approximate surface area is 167 Å². The third-order valence-corrected chi connectivity index (χ3v) is 7.01. The van der Waals surface area contributed by atoms with Gasteiger partial charge in [-0.05, 0) is 42.3 Å². The molecule has 6 rings (SSSR count). The molecule has 6 aromatic rings. The molecule has 0 saturated carbocycles. The predicted molar refractivity (Wildman–Crippen MR) is 123 cm³/mol. The molecular weight excluding hydrogens is 358 g/mol. The average Bonchev–Trinajstić information content (AvgIpc) is 3.28. The molecule has 28 heavy (non-hydrogen) atoms. The molecule has 2 heterocycles. The Hall–Kier alpha value is -3.10. The van der Waals surface area contributed by atoms with Crippen molar-refractivity contribution in [1.29, 1.82) is 0 Å². The molecule has 0 unspecified atom stereocenters. The summed E-state index contributed by atoms with van der Waals surface area (Å²) in [5, 5.41) is 5.39. The van der Waals surface area contributed by atoms with Crippen molar-refractivity contribution in [2.24, 2.45) is 0 Å². The third-order valence-electron chi connectivity index (χ3n) is 5.77. The van der Waals surface area contributed by atoms with E-state index in [0.717, 1.165) is 6.42 Å². The molecule has 4 aromatic carbocycles. The fourth-order valence-corrected chi connectivity index (χ4v) is 5.76. The van der Waals surface area contributed by atoms with E-state index in [1.807, 2.05) is 11.3 Å². The second-order valence-corrected chi connectivity index (χ2v) is 8.36. The van der Waals surface area contributed by atoms with Gasteiger partial charge in [0, 0.05) is 36.6 Å². The van der Waals surface area contributed by atoms with Crippen molar-refractivity contribution in [3.05, 3.63) is 90.5 Å². The van der Waals surface area contributed by atoms with Crippen LogP contribution in [0.2, 0.25) is 0 Å². The van der Waals surface area contributed by atoms with E-state index in [-0.39, 0.29) is 0 Å². The van der Waals surface area contributed by atoms with Gasteiger partial charge in [-0.3, -0.25) is 0 Å². The maximum Gasteiger partial charge on any atom is 0.0548 e. The van der Waals surface area contributed by atoms with Crippen LogP contribution in [0.15, 0.2) is 84.9 Å². The molecule has 2 aromatic heterocycles. The standard InChI is InChI=1S/C26H19NS/c1-2-17-9-8-13-20-22-15-24-21(16-25(22)28-26(17)20)19-12-6-7-14-23(19)27(24)18-10-4-3-5-11-18/h3-16H,2H2,1H3. The molecule has 0 atom stereocenters. The van der Waals surface area contributed by atoms with Gasteiger partial charge in [0.2, 0.25) is 0 Å². The van der Waals surface area contributed by atoms with E-state index in [1.165, 1.54) is 53.2 Å². The summed E-state index contributed by atoms with van der Waals surface area (Å²) < 4.78 is 5.21. The Morgan fingerprint density at radius 3 is 2.32 bits per heavy atom. The van der Waals surface area contributed by atoms with Crippen LogP contribution < -0.4 is 0 Å². The van der Waals surface area contributed by atoms with Crippen LogP contribution in [0.1, 0.15) is 12.5 Å². The normalized spacial score (nSPS) is 11.9. The molecule has 0 radical (unpaired) electrons. The van der Waals surface area contributed by atoms with Gasteiger partial charge in [0.15, 0.2) is 0 Å². The third kappa shape index (κ3) is 2.12. The zero-order valence-electron chi connectivity index (χ0n) is 15.6. The summed E-state index contributed by atoms with van der Waals surface area (Å²) in [5.74, 6) is 0. The van der Waals surface area contributed by atoms with Gasteiger partial charge in [0.25, 0.3) is 0 Å². The first-order valence-corrected chi connectivity index (χ1v) is 10.6. The lowest BCUT2D eigenvalue weighted by Gasteiger charge is -2.07. The maximum atomic E-state index is 2.40. The van der Waals surface area contributed by atoms with E-state index >= 15 is 0 Å². The Bertz CT molecular complexity index is 1490. The lowest BCUT2D eigenvalue weighted by molar-refractivity contribution is 1.16. The van der Waals surface area contributed by atoms with Crippen molar-refractivity contribution in [3.8, 4) is 5.69 Å². The smallest absolute Gasteiger partial charge is 0.0548 e. The fraction of sp³-hybridized carbons (Fsp3) is 0.0769. The second kappa shape index (κ2) is 5.95. The summed E-state index contributed by atoms with van der Waals surface area (Å²) in [6, 6.07) is 31.0. The van der Waals surface area contributed by atoms with E-state index < -0.39 is 0 Å². The van der Waals surface area contributed by atoms with E-state index in [1.54, 1.807) is 0 Å². The van der Waals surface area contributed by atoms with E-state index in [4.69, 9.17) is 0 Å². The zero-order chi connectivity index (χ0) is 18.7. The lowest BCUT2D eigenvalue weighted by Crippen LogP contribution is -1.92. The summed E-state index contributed by atoms with van der Waals surface area (Å²) >= 11 is 1.93. The topological polar surface area (TPSA) is 4.93 Å². The summed E-state index contributed by atoms with van der Waals surface area (Å²) in [7, 11) is 0. The second-order valence-electron chi connectivity index (χ2n) is 7.30. The monoisotopic (exact) mass is 377 g/mol. The number of hydrogen-bond acceptors (Lipinski definition) is 1. The Morgan fingerprint density at radius 1 is 0.679 bits per heavy atom. The SMILES string of the molecule is CCc1cccc2c1sc1cc3c4ccccc4n(-c4ccccc4)c3cc12. The molecule has 0 saturated heterocycles. The highest BCUT2D eigenvalue weighted by Crippen LogP contribution is 2.41. The first-order chi connectivity index (χ1) is 13.8. The van der Waals surface area contributed by atoms with Crippen LogP contribution in [0.25, 0.3) is 47.7 Å². The van der Waals surface area contributed by atoms with Crippen LogP contribution in [0.3, 0.4) is 0 Å². The van der Waals surface area contributed by atoms with E-state index in [2.05, 4.69) is 96.4 Å². The highest BCUT2D eigenvalue weighted by molar-refractivity contribution is 7.26. The van der Waals surface area contributed by atoms with Crippen LogP contribution in [0.5, 0.6) is 0 Å². The van der Waals surface area contributed by atoms with Crippen molar-refractivity contribution in [3.63, 3.8) is 0 Å². The number of para-hydroxylation sites is 2. The van der Waals surface area contributed by atoms with Crippen molar-refractivity contribution >= 4 is 53.3 Å². The van der Waals surface area contributed by atoms with Gasteiger partial charge < -0.3 is 4.57 Å². The van der Waals surface area contributed by atoms with Crippen LogP contribution in [0, 0.1) is 0 Å². The van der Waals surface area contributed by atoms with E-state index in [0.29, 0.717) is 0 Å². The number of aromatic nitrogens is 1. The molecule has 0 N–H and O–H groups in total. The molecular formula is C26H19NS.